The maximum Gasteiger partial charge on any atom is 0.252 e. The van der Waals surface area contributed by atoms with Crippen LogP contribution in [0.1, 0.15) is 28.0 Å². The number of carbonyl (C=O) groups is 1. The maximum atomic E-state index is 13.2. The molecule has 7 heteroatoms. The first-order valence-electron chi connectivity index (χ1n) is 8.61. The molecule has 2 aromatic carbocycles. The molecule has 0 saturated heterocycles. The standard InChI is InChI=1S/C21H15Cl2FN2O2/c22-16-8-5-14(12-17(16)23)21(9-11-28-18-2-1-10-25-19(18)21)26-20(27)13-3-6-15(24)7-4-13/h1-8,10,12H,9,11H2,(H,26,27)/t21-/m1/s1. The van der Waals surface area contributed by atoms with Crippen LogP contribution in [0.5, 0.6) is 5.75 Å². The van der Waals surface area contributed by atoms with Gasteiger partial charge in [0.15, 0.2) is 0 Å². The molecule has 0 radical (unpaired) electrons. The van der Waals surface area contributed by atoms with Gasteiger partial charge in [-0.1, -0.05) is 29.3 Å². The molecule has 2 heterocycles. The van der Waals surface area contributed by atoms with Gasteiger partial charge in [-0.05, 0) is 54.1 Å². The van der Waals surface area contributed by atoms with E-state index in [9.17, 15) is 9.18 Å². The number of benzene rings is 2. The SMILES string of the molecule is O=C(N[C@@]1(c2ccc(Cl)c(Cl)c2)CCOc2cccnc21)c1ccc(F)cc1. The number of pyridine rings is 1. The molecule has 0 saturated carbocycles. The predicted molar refractivity (Wildman–Crippen MR) is 105 cm³/mol. The van der Waals surface area contributed by atoms with Crippen LogP contribution in [-0.4, -0.2) is 17.5 Å². The number of fused-ring (bicyclic) bond motifs is 1. The Labute approximate surface area is 171 Å². The van der Waals surface area contributed by atoms with E-state index in [0.717, 1.165) is 5.56 Å². The van der Waals surface area contributed by atoms with Crippen LogP contribution in [0.2, 0.25) is 10.0 Å². The molecule has 1 atom stereocenters. The van der Waals surface area contributed by atoms with Crippen LogP contribution in [0.4, 0.5) is 4.39 Å². The van der Waals surface area contributed by atoms with Crippen LogP contribution >= 0.6 is 23.2 Å². The third kappa shape index (κ3) is 3.32. The molecule has 0 spiro atoms. The van der Waals surface area contributed by atoms with Crippen LogP contribution in [-0.2, 0) is 5.54 Å². The highest BCUT2D eigenvalue weighted by molar-refractivity contribution is 6.42. The van der Waals surface area contributed by atoms with Crippen molar-refractivity contribution in [2.24, 2.45) is 0 Å². The highest BCUT2D eigenvalue weighted by atomic mass is 35.5. The van der Waals surface area contributed by atoms with Gasteiger partial charge in [-0.2, -0.15) is 0 Å². The quantitative estimate of drug-likeness (QED) is 0.654. The van der Waals surface area contributed by atoms with Gasteiger partial charge in [-0.3, -0.25) is 9.78 Å². The molecule has 142 valence electrons. The summed E-state index contributed by atoms with van der Waals surface area (Å²) in [4.78, 5) is 17.5. The van der Waals surface area contributed by atoms with Gasteiger partial charge in [-0.15, -0.1) is 0 Å². The summed E-state index contributed by atoms with van der Waals surface area (Å²) in [6.07, 6.45) is 2.09. The van der Waals surface area contributed by atoms with Crippen LogP contribution in [0.3, 0.4) is 0 Å². The zero-order chi connectivity index (χ0) is 19.7. The second-order valence-corrected chi connectivity index (χ2v) is 7.26. The molecule has 3 aromatic rings. The number of nitrogens with zero attached hydrogens (tertiary/aromatic N) is 1. The number of halogens is 3. The lowest BCUT2D eigenvalue weighted by molar-refractivity contribution is 0.0883. The molecule has 4 rings (SSSR count). The fourth-order valence-electron chi connectivity index (χ4n) is 3.36. The Kier molecular flexibility index (Phi) is 4.96. The van der Waals surface area contributed by atoms with Gasteiger partial charge >= 0.3 is 0 Å². The molecular weight excluding hydrogens is 402 g/mol. The van der Waals surface area contributed by atoms with Crippen LogP contribution < -0.4 is 10.1 Å². The monoisotopic (exact) mass is 416 g/mol. The molecule has 1 aliphatic heterocycles. The molecule has 1 aliphatic rings. The van der Waals surface area contributed by atoms with E-state index in [4.69, 9.17) is 27.9 Å². The Morgan fingerprint density at radius 3 is 2.64 bits per heavy atom. The van der Waals surface area contributed by atoms with E-state index in [1.807, 2.05) is 6.07 Å². The maximum absolute atomic E-state index is 13.2. The lowest BCUT2D eigenvalue weighted by Crippen LogP contribution is -2.50. The van der Waals surface area contributed by atoms with Crippen molar-refractivity contribution in [2.75, 3.05) is 6.61 Å². The van der Waals surface area contributed by atoms with Crippen molar-refractivity contribution in [2.45, 2.75) is 12.0 Å². The van der Waals surface area contributed by atoms with E-state index >= 15 is 0 Å². The minimum Gasteiger partial charge on any atom is -0.491 e. The second-order valence-electron chi connectivity index (χ2n) is 6.44. The molecule has 28 heavy (non-hydrogen) atoms. The average Bonchev–Trinajstić information content (AvgIpc) is 2.70. The van der Waals surface area contributed by atoms with Crippen LogP contribution in [0.25, 0.3) is 0 Å². The molecule has 1 amide bonds. The van der Waals surface area contributed by atoms with Crippen molar-refractivity contribution in [3.05, 3.63) is 93.5 Å². The summed E-state index contributed by atoms with van der Waals surface area (Å²) in [5.41, 5.74) is 0.690. The Morgan fingerprint density at radius 2 is 1.89 bits per heavy atom. The number of aromatic nitrogens is 1. The number of carbonyl (C=O) groups excluding carboxylic acids is 1. The predicted octanol–water partition coefficient (Wildman–Crippen LogP) is 4.98. The lowest BCUT2D eigenvalue weighted by Gasteiger charge is -2.39. The molecule has 0 aliphatic carbocycles. The molecule has 1 N–H and O–H groups in total. The van der Waals surface area contributed by atoms with Gasteiger partial charge in [0.25, 0.3) is 5.91 Å². The van der Waals surface area contributed by atoms with Gasteiger partial charge < -0.3 is 10.1 Å². The number of rotatable bonds is 3. The van der Waals surface area contributed by atoms with E-state index < -0.39 is 11.4 Å². The summed E-state index contributed by atoms with van der Waals surface area (Å²) in [5, 5.41) is 3.87. The number of amides is 1. The van der Waals surface area contributed by atoms with Crippen molar-refractivity contribution in [1.82, 2.24) is 10.3 Å². The van der Waals surface area contributed by atoms with Crippen molar-refractivity contribution in [3.63, 3.8) is 0 Å². The highest BCUT2D eigenvalue weighted by Crippen LogP contribution is 2.42. The summed E-state index contributed by atoms with van der Waals surface area (Å²) in [7, 11) is 0. The molecule has 0 fully saturated rings. The Morgan fingerprint density at radius 1 is 1.11 bits per heavy atom. The largest absolute Gasteiger partial charge is 0.491 e. The Bertz CT molecular complexity index is 1040. The van der Waals surface area contributed by atoms with E-state index in [2.05, 4.69) is 10.3 Å². The summed E-state index contributed by atoms with van der Waals surface area (Å²) < 4.78 is 19.0. The van der Waals surface area contributed by atoms with E-state index in [1.165, 1.54) is 24.3 Å². The summed E-state index contributed by atoms with van der Waals surface area (Å²) in [5.74, 6) is -0.183. The summed E-state index contributed by atoms with van der Waals surface area (Å²) in [6.45, 7) is 0.378. The number of ether oxygens (including phenoxy) is 1. The van der Waals surface area contributed by atoms with Crippen molar-refractivity contribution >= 4 is 29.1 Å². The zero-order valence-corrected chi connectivity index (χ0v) is 16.1. The van der Waals surface area contributed by atoms with Crippen LogP contribution in [0.15, 0.2) is 60.8 Å². The van der Waals surface area contributed by atoms with Crippen molar-refractivity contribution < 1.29 is 13.9 Å². The second kappa shape index (κ2) is 7.41. The van der Waals surface area contributed by atoms with E-state index in [1.54, 1.807) is 30.5 Å². The van der Waals surface area contributed by atoms with Crippen LogP contribution in [0, 0.1) is 5.82 Å². The Hall–Kier alpha value is -2.63. The van der Waals surface area contributed by atoms with Gasteiger partial charge in [0, 0.05) is 18.2 Å². The minimum absolute atomic E-state index is 0.338. The highest BCUT2D eigenvalue weighted by Gasteiger charge is 2.42. The normalized spacial score (nSPS) is 18.1. The summed E-state index contributed by atoms with van der Waals surface area (Å²) >= 11 is 12.3. The number of nitrogens with one attached hydrogen (secondary N) is 1. The molecule has 4 nitrogen and oxygen atoms in total. The van der Waals surface area contributed by atoms with E-state index in [-0.39, 0.29) is 5.91 Å². The van der Waals surface area contributed by atoms with Gasteiger partial charge in [0.05, 0.1) is 16.7 Å². The first kappa shape index (κ1) is 18.7. The van der Waals surface area contributed by atoms with E-state index in [0.29, 0.717) is 40.1 Å². The fraction of sp³-hybridized carbons (Fsp3) is 0.143. The first-order chi connectivity index (χ1) is 13.5. The molecular formula is C21H15Cl2FN2O2. The average molecular weight is 417 g/mol. The summed E-state index contributed by atoms with van der Waals surface area (Å²) in [6, 6.07) is 14.2. The molecule has 0 unspecified atom stereocenters. The van der Waals surface area contributed by atoms with Crippen molar-refractivity contribution in [1.29, 1.82) is 0 Å². The first-order valence-corrected chi connectivity index (χ1v) is 9.37. The lowest BCUT2D eigenvalue weighted by atomic mass is 9.81. The smallest absolute Gasteiger partial charge is 0.252 e. The number of hydrogen-bond donors (Lipinski definition) is 1. The Balaban J connectivity index is 1.84. The third-order valence-electron chi connectivity index (χ3n) is 4.76. The fourth-order valence-corrected chi connectivity index (χ4v) is 3.66. The van der Waals surface area contributed by atoms with Crippen molar-refractivity contribution in [3.8, 4) is 5.75 Å². The molecule has 1 aromatic heterocycles. The van der Waals surface area contributed by atoms with Gasteiger partial charge in [-0.25, -0.2) is 4.39 Å². The minimum atomic E-state index is -0.964. The van der Waals surface area contributed by atoms with Gasteiger partial charge in [0.1, 0.15) is 22.8 Å². The number of hydrogen-bond acceptors (Lipinski definition) is 3. The molecule has 0 bridgehead atoms. The zero-order valence-electron chi connectivity index (χ0n) is 14.6. The van der Waals surface area contributed by atoms with Gasteiger partial charge in [0.2, 0.25) is 0 Å². The topological polar surface area (TPSA) is 51.2 Å². The third-order valence-corrected chi connectivity index (χ3v) is 5.49.